The zero-order valence-corrected chi connectivity index (χ0v) is 5.94. The minimum atomic E-state index is -0.392. The van der Waals surface area contributed by atoms with Crippen LogP contribution in [-0.4, -0.2) is 19.5 Å². The molecule has 0 aliphatic carbocycles. The van der Waals surface area contributed by atoms with E-state index in [0.717, 1.165) is 12.0 Å². The summed E-state index contributed by atoms with van der Waals surface area (Å²) in [6, 6.07) is 0. The van der Waals surface area contributed by atoms with Gasteiger partial charge in [-0.3, -0.25) is 0 Å². The van der Waals surface area contributed by atoms with Gasteiger partial charge >= 0.3 is 0 Å². The van der Waals surface area contributed by atoms with Gasteiger partial charge in [-0.2, -0.15) is 0 Å². The average Bonchev–Trinajstić information content (AvgIpc) is 2.13. The maximum absolute atomic E-state index is 5.28. The molecule has 1 heterocycles. The summed E-state index contributed by atoms with van der Waals surface area (Å²) in [5.41, 5.74) is 1.11. The second kappa shape index (κ2) is 2.12. The monoisotopic (exact) mass is 128 g/mol. The van der Waals surface area contributed by atoms with Crippen LogP contribution >= 0.6 is 0 Å². The molecule has 0 aromatic carbocycles. The summed E-state index contributed by atoms with van der Waals surface area (Å²) in [4.78, 5) is 0. The molecule has 0 aromatic rings. The molecule has 1 rings (SSSR count). The van der Waals surface area contributed by atoms with Gasteiger partial charge in [0.25, 0.3) is 0 Å². The maximum Gasteiger partial charge on any atom is 0.169 e. The highest BCUT2D eigenvalue weighted by molar-refractivity contribution is 5.03. The van der Waals surface area contributed by atoms with Crippen molar-refractivity contribution in [3.8, 4) is 0 Å². The highest BCUT2D eigenvalue weighted by Gasteiger charge is 2.31. The summed E-state index contributed by atoms with van der Waals surface area (Å²) in [6.07, 6.45) is 0.823. The standard InChI is InChI=1S/C7H12O2/c1-6-4-7(2,8-3)9-5-6/h1,4-5H2,2-3H3. The summed E-state index contributed by atoms with van der Waals surface area (Å²) >= 11 is 0. The largest absolute Gasteiger partial charge is 0.353 e. The quantitative estimate of drug-likeness (QED) is 0.496. The van der Waals surface area contributed by atoms with Gasteiger partial charge in [-0.25, -0.2) is 0 Å². The second-order valence-corrected chi connectivity index (χ2v) is 2.55. The Bertz CT molecular complexity index is 131. The van der Waals surface area contributed by atoms with Gasteiger partial charge < -0.3 is 9.47 Å². The van der Waals surface area contributed by atoms with Crippen LogP contribution in [0.25, 0.3) is 0 Å². The van der Waals surface area contributed by atoms with Gasteiger partial charge in [0, 0.05) is 13.5 Å². The lowest BCUT2D eigenvalue weighted by molar-refractivity contribution is -0.178. The molecular weight excluding hydrogens is 116 g/mol. The van der Waals surface area contributed by atoms with Crippen LogP contribution < -0.4 is 0 Å². The fourth-order valence-electron chi connectivity index (χ4n) is 0.942. The van der Waals surface area contributed by atoms with Gasteiger partial charge in [-0.15, -0.1) is 0 Å². The average molecular weight is 128 g/mol. The third kappa shape index (κ3) is 1.32. The van der Waals surface area contributed by atoms with E-state index in [4.69, 9.17) is 9.47 Å². The molecule has 1 unspecified atom stereocenters. The number of ether oxygens (including phenoxy) is 2. The van der Waals surface area contributed by atoms with Crippen molar-refractivity contribution in [2.24, 2.45) is 0 Å². The topological polar surface area (TPSA) is 18.5 Å². The number of hydrogen-bond acceptors (Lipinski definition) is 2. The summed E-state index contributed by atoms with van der Waals surface area (Å²) in [5, 5.41) is 0. The van der Waals surface area contributed by atoms with E-state index in [2.05, 4.69) is 6.58 Å². The Hall–Kier alpha value is -0.340. The number of hydrogen-bond donors (Lipinski definition) is 0. The van der Waals surface area contributed by atoms with Crippen LogP contribution in [0.2, 0.25) is 0 Å². The molecule has 1 aliphatic heterocycles. The smallest absolute Gasteiger partial charge is 0.169 e. The third-order valence-electron chi connectivity index (χ3n) is 1.58. The summed E-state index contributed by atoms with van der Waals surface area (Å²) in [5.74, 6) is -0.392. The molecule has 52 valence electrons. The Morgan fingerprint density at radius 1 is 1.78 bits per heavy atom. The molecule has 2 nitrogen and oxygen atoms in total. The minimum absolute atomic E-state index is 0.392. The van der Waals surface area contributed by atoms with Crippen molar-refractivity contribution in [1.29, 1.82) is 0 Å². The van der Waals surface area contributed by atoms with E-state index in [1.807, 2.05) is 6.92 Å². The molecule has 0 radical (unpaired) electrons. The first-order chi connectivity index (χ1) is 4.16. The number of rotatable bonds is 1. The summed E-state index contributed by atoms with van der Waals surface area (Å²) in [7, 11) is 1.65. The van der Waals surface area contributed by atoms with Gasteiger partial charge in [0.05, 0.1) is 6.61 Å². The molecule has 0 aromatic heterocycles. The van der Waals surface area contributed by atoms with E-state index in [1.165, 1.54) is 0 Å². The Morgan fingerprint density at radius 2 is 2.44 bits per heavy atom. The van der Waals surface area contributed by atoms with E-state index in [0.29, 0.717) is 6.61 Å². The van der Waals surface area contributed by atoms with E-state index in [9.17, 15) is 0 Å². The van der Waals surface area contributed by atoms with Crippen LogP contribution in [-0.2, 0) is 9.47 Å². The molecular formula is C7H12O2. The van der Waals surface area contributed by atoms with E-state index < -0.39 is 5.79 Å². The predicted molar refractivity (Wildman–Crippen MR) is 35.1 cm³/mol. The van der Waals surface area contributed by atoms with Crippen molar-refractivity contribution in [2.45, 2.75) is 19.1 Å². The zero-order valence-electron chi connectivity index (χ0n) is 5.94. The molecule has 0 bridgehead atoms. The van der Waals surface area contributed by atoms with Crippen LogP contribution in [0.3, 0.4) is 0 Å². The molecule has 9 heavy (non-hydrogen) atoms. The van der Waals surface area contributed by atoms with Crippen molar-refractivity contribution < 1.29 is 9.47 Å². The fourth-order valence-corrected chi connectivity index (χ4v) is 0.942. The van der Waals surface area contributed by atoms with E-state index >= 15 is 0 Å². The lowest BCUT2D eigenvalue weighted by Gasteiger charge is -2.19. The van der Waals surface area contributed by atoms with Gasteiger partial charge in [0.1, 0.15) is 0 Å². The Balaban J connectivity index is 2.54. The highest BCUT2D eigenvalue weighted by Crippen LogP contribution is 2.27. The first-order valence-electron chi connectivity index (χ1n) is 3.02. The molecule has 1 aliphatic rings. The van der Waals surface area contributed by atoms with Gasteiger partial charge in [0.2, 0.25) is 0 Å². The molecule has 2 heteroatoms. The predicted octanol–water partition coefficient (Wildman–Crippen LogP) is 1.33. The molecule has 1 fully saturated rings. The van der Waals surface area contributed by atoms with Gasteiger partial charge in [-0.1, -0.05) is 6.58 Å². The SMILES string of the molecule is C=C1COC(C)(OC)C1. The molecule has 1 saturated heterocycles. The van der Waals surface area contributed by atoms with Crippen LogP contribution in [0, 0.1) is 0 Å². The van der Waals surface area contributed by atoms with Crippen molar-refractivity contribution in [3.63, 3.8) is 0 Å². The van der Waals surface area contributed by atoms with Crippen LogP contribution in [0.4, 0.5) is 0 Å². The molecule has 0 amide bonds. The van der Waals surface area contributed by atoms with Crippen molar-refractivity contribution in [1.82, 2.24) is 0 Å². The molecule has 0 saturated carbocycles. The van der Waals surface area contributed by atoms with Crippen molar-refractivity contribution in [2.75, 3.05) is 13.7 Å². The minimum Gasteiger partial charge on any atom is -0.353 e. The maximum atomic E-state index is 5.28. The zero-order chi connectivity index (χ0) is 6.91. The van der Waals surface area contributed by atoms with Gasteiger partial charge in [-0.05, 0) is 12.5 Å². The first-order valence-corrected chi connectivity index (χ1v) is 3.02. The Kier molecular flexibility index (Phi) is 1.60. The fraction of sp³-hybridized carbons (Fsp3) is 0.714. The summed E-state index contributed by atoms with van der Waals surface area (Å²) in [6.45, 7) is 6.36. The second-order valence-electron chi connectivity index (χ2n) is 2.55. The van der Waals surface area contributed by atoms with Crippen LogP contribution in [0.1, 0.15) is 13.3 Å². The lowest BCUT2D eigenvalue weighted by Crippen LogP contribution is -2.24. The molecule has 1 atom stereocenters. The van der Waals surface area contributed by atoms with E-state index in [-0.39, 0.29) is 0 Å². The summed E-state index contributed by atoms with van der Waals surface area (Å²) < 4.78 is 10.4. The van der Waals surface area contributed by atoms with E-state index in [1.54, 1.807) is 7.11 Å². The van der Waals surface area contributed by atoms with Gasteiger partial charge in [0.15, 0.2) is 5.79 Å². The van der Waals surface area contributed by atoms with Crippen molar-refractivity contribution >= 4 is 0 Å². The highest BCUT2D eigenvalue weighted by atomic mass is 16.7. The Morgan fingerprint density at radius 3 is 2.67 bits per heavy atom. The lowest BCUT2D eigenvalue weighted by atomic mass is 10.2. The van der Waals surface area contributed by atoms with Crippen molar-refractivity contribution in [3.05, 3.63) is 12.2 Å². The Labute approximate surface area is 55.5 Å². The number of methoxy groups -OCH3 is 1. The molecule has 0 N–H and O–H groups in total. The normalized spacial score (nSPS) is 35.6. The molecule has 0 spiro atoms. The first kappa shape index (κ1) is 6.78. The van der Waals surface area contributed by atoms with Crippen LogP contribution in [0.15, 0.2) is 12.2 Å². The van der Waals surface area contributed by atoms with Crippen LogP contribution in [0.5, 0.6) is 0 Å². The third-order valence-corrected chi connectivity index (χ3v) is 1.58.